The Hall–Kier alpha value is -1.10. The van der Waals surface area contributed by atoms with Gasteiger partial charge < -0.3 is 14.9 Å². The number of likely N-dealkylation sites (tertiary alicyclic amines) is 2. The van der Waals surface area contributed by atoms with Crippen LogP contribution < -0.4 is 0 Å². The fourth-order valence-corrected chi connectivity index (χ4v) is 3.24. The third-order valence-electron chi connectivity index (χ3n) is 4.64. The highest BCUT2D eigenvalue weighted by Crippen LogP contribution is 2.28. The van der Waals surface area contributed by atoms with Crippen LogP contribution >= 0.6 is 0 Å². The van der Waals surface area contributed by atoms with Crippen molar-refractivity contribution >= 4 is 11.8 Å². The molecule has 2 rings (SSSR count). The number of hydrogen-bond donors (Lipinski definition) is 1. The molecule has 5 nitrogen and oxygen atoms in total. The molecule has 2 atom stereocenters. The van der Waals surface area contributed by atoms with E-state index in [1.165, 1.54) is 0 Å². The molecule has 0 aliphatic carbocycles. The highest BCUT2D eigenvalue weighted by molar-refractivity contribution is 5.80. The van der Waals surface area contributed by atoms with Crippen molar-refractivity contribution in [3.8, 4) is 0 Å². The first kappa shape index (κ1) is 14.3. The Bertz CT molecular complexity index is 351. The normalized spacial score (nSPS) is 28.8. The summed E-state index contributed by atoms with van der Waals surface area (Å²) in [5.41, 5.74) is 0. The molecule has 2 saturated heterocycles. The molecule has 0 saturated carbocycles. The van der Waals surface area contributed by atoms with Crippen molar-refractivity contribution in [3.05, 3.63) is 0 Å². The van der Waals surface area contributed by atoms with Gasteiger partial charge in [-0.15, -0.1) is 0 Å². The van der Waals surface area contributed by atoms with Gasteiger partial charge in [0.1, 0.15) is 0 Å². The van der Waals surface area contributed by atoms with Crippen molar-refractivity contribution in [2.75, 3.05) is 26.2 Å². The van der Waals surface area contributed by atoms with Crippen LogP contribution in [0.3, 0.4) is 0 Å². The number of carbonyl (C=O) groups is 2. The van der Waals surface area contributed by atoms with Crippen LogP contribution in [0.5, 0.6) is 0 Å². The maximum atomic E-state index is 12.5. The molecule has 0 spiro atoms. The van der Waals surface area contributed by atoms with Crippen molar-refractivity contribution in [1.29, 1.82) is 0 Å². The summed E-state index contributed by atoms with van der Waals surface area (Å²) in [5.74, 6) is 0.668. The monoisotopic (exact) mass is 268 g/mol. The zero-order chi connectivity index (χ0) is 14.0. The van der Waals surface area contributed by atoms with Crippen molar-refractivity contribution in [2.24, 2.45) is 11.8 Å². The minimum Gasteiger partial charge on any atom is -0.394 e. The predicted octanol–water partition coefficient (Wildman–Crippen LogP) is 0.474. The van der Waals surface area contributed by atoms with Gasteiger partial charge in [0.15, 0.2) is 0 Å². The van der Waals surface area contributed by atoms with Gasteiger partial charge >= 0.3 is 0 Å². The fourth-order valence-electron chi connectivity index (χ4n) is 3.24. The average Bonchev–Trinajstić information content (AvgIpc) is 2.79. The van der Waals surface area contributed by atoms with Gasteiger partial charge in [0, 0.05) is 32.5 Å². The second-order valence-corrected chi connectivity index (χ2v) is 5.83. The average molecular weight is 268 g/mol. The van der Waals surface area contributed by atoms with E-state index in [2.05, 4.69) is 6.92 Å². The summed E-state index contributed by atoms with van der Waals surface area (Å²) in [6.07, 6.45) is 2.48. The number of nitrogens with zero attached hydrogens (tertiary/aromatic N) is 2. The predicted molar refractivity (Wildman–Crippen MR) is 71.3 cm³/mol. The van der Waals surface area contributed by atoms with Crippen LogP contribution in [-0.2, 0) is 9.59 Å². The summed E-state index contributed by atoms with van der Waals surface area (Å²) < 4.78 is 0. The fraction of sp³-hybridized carbons (Fsp3) is 0.857. The number of carbonyl (C=O) groups excluding carboxylic acids is 2. The number of aliphatic hydroxyl groups excluding tert-OH is 1. The quantitative estimate of drug-likeness (QED) is 0.792. The molecule has 108 valence electrons. The number of aliphatic hydroxyl groups is 1. The molecule has 0 radical (unpaired) electrons. The van der Waals surface area contributed by atoms with Crippen LogP contribution in [0, 0.1) is 11.8 Å². The topological polar surface area (TPSA) is 60.9 Å². The van der Waals surface area contributed by atoms with E-state index in [0.29, 0.717) is 19.0 Å². The Labute approximate surface area is 114 Å². The summed E-state index contributed by atoms with van der Waals surface area (Å²) in [4.78, 5) is 27.4. The summed E-state index contributed by atoms with van der Waals surface area (Å²) in [6.45, 7) is 5.84. The van der Waals surface area contributed by atoms with E-state index < -0.39 is 0 Å². The first-order valence-electron chi connectivity index (χ1n) is 7.21. The van der Waals surface area contributed by atoms with Gasteiger partial charge in [-0.3, -0.25) is 9.59 Å². The Morgan fingerprint density at radius 2 is 1.79 bits per heavy atom. The van der Waals surface area contributed by atoms with Crippen molar-refractivity contribution in [2.45, 2.75) is 39.2 Å². The molecule has 2 aliphatic rings. The molecule has 19 heavy (non-hydrogen) atoms. The van der Waals surface area contributed by atoms with Crippen LogP contribution in [-0.4, -0.2) is 59.0 Å². The van der Waals surface area contributed by atoms with Gasteiger partial charge in [-0.05, 0) is 25.2 Å². The minimum atomic E-state index is -0.0154. The standard InChI is InChI=1S/C14H24N2O3/c1-10-3-8-16(13(10)9-17)14(19)12-4-6-15(7-5-12)11(2)18/h10,12-13,17H,3-9H2,1-2H3. The molecule has 0 bridgehead atoms. The number of amides is 2. The van der Waals surface area contributed by atoms with E-state index in [9.17, 15) is 14.7 Å². The van der Waals surface area contributed by atoms with E-state index in [4.69, 9.17) is 0 Å². The van der Waals surface area contributed by atoms with Gasteiger partial charge in [0.25, 0.3) is 0 Å². The second kappa shape index (κ2) is 5.90. The Kier molecular flexibility index (Phi) is 4.45. The molecule has 2 heterocycles. The Morgan fingerprint density at radius 1 is 1.16 bits per heavy atom. The molecular weight excluding hydrogens is 244 g/mol. The van der Waals surface area contributed by atoms with Gasteiger partial charge in [-0.1, -0.05) is 6.92 Å². The van der Waals surface area contributed by atoms with Gasteiger partial charge in [0.05, 0.1) is 12.6 Å². The molecule has 2 unspecified atom stereocenters. The molecule has 2 amide bonds. The van der Waals surface area contributed by atoms with E-state index in [-0.39, 0.29) is 30.4 Å². The van der Waals surface area contributed by atoms with E-state index in [1.807, 2.05) is 4.90 Å². The van der Waals surface area contributed by atoms with Crippen molar-refractivity contribution in [3.63, 3.8) is 0 Å². The van der Waals surface area contributed by atoms with Gasteiger partial charge in [0.2, 0.25) is 11.8 Å². The van der Waals surface area contributed by atoms with Crippen LogP contribution in [0.15, 0.2) is 0 Å². The molecular formula is C14H24N2O3. The van der Waals surface area contributed by atoms with Gasteiger partial charge in [-0.25, -0.2) is 0 Å². The lowest BCUT2D eigenvalue weighted by Gasteiger charge is -2.34. The largest absolute Gasteiger partial charge is 0.394 e. The summed E-state index contributed by atoms with van der Waals surface area (Å²) in [7, 11) is 0. The lowest BCUT2D eigenvalue weighted by molar-refractivity contribution is -0.141. The highest BCUT2D eigenvalue weighted by Gasteiger charge is 2.37. The zero-order valence-corrected chi connectivity index (χ0v) is 11.8. The lowest BCUT2D eigenvalue weighted by Crippen LogP contribution is -2.47. The van der Waals surface area contributed by atoms with Crippen LogP contribution in [0.25, 0.3) is 0 Å². The molecule has 0 aromatic carbocycles. The van der Waals surface area contributed by atoms with Crippen molar-refractivity contribution < 1.29 is 14.7 Å². The van der Waals surface area contributed by atoms with E-state index >= 15 is 0 Å². The minimum absolute atomic E-state index is 0.0154. The lowest BCUT2D eigenvalue weighted by atomic mass is 9.94. The molecule has 2 fully saturated rings. The summed E-state index contributed by atoms with van der Waals surface area (Å²) in [5, 5.41) is 9.42. The zero-order valence-electron chi connectivity index (χ0n) is 11.8. The first-order valence-corrected chi connectivity index (χ1v) is 7.21. The summed E-state index contributed by atoms with van der Waals surface area (Å²) in [6, 6.07) is -0.0154. The van der Waals surface area contributed by atoms with Crippen LogP contribution in [0.1, 0.15) is 33.1 Å². The third-order valence-corrected chi connectivity index (χ3v) is 4.64. The number of piperidine rings is 1. The first-order chi connectivity index (χ1) is 9.04. The van der Waals surface area contributed by atoms with E-state index in [1.54, 1.807) is 11.8 Å². The molecule has 0 aromatic rings. The van der Waals surface area contributed by atoms with Crippen LogP contribution in [0.4, 0.5) is 0 Å². The van der Waals surface area contributed by atoms with Crippen LogP contribution in [0.2, 0.25) is 0 Å². The smallest absolute Gasteiger partial charge is 0.226 e. The number of rotatable bonds is 2. The molecule has 0 aromatic heterocycles. The maximum Gasteiger partial charge on any atom is 0.226 e. The van der Waals surface area contributed by atoms with Crippen molar-refractivity contribution in [1.82, 2.24) is 9.80 Å². The summed E-state index contributed by atoms with van der Waals surface area (Å²) >= 11 is 0. The molecule has 2 aliphatic heterocycles. The Balaban J connectivity index is 1.92. The second-order valence-electron chi connectivity index (χ2n) is 5.83. The Morgan fingerprint density at radius 3 is 2.32 bits per heavy atom. The SMILES string of the molecule is CC(=O)N1CCC(C(=O)N2CCC(C)C2CO)CC1. The van der Waals surface area contributed by atoms with Gasteiger partial charge in [-0.2, -0.15) is 0 Å². The molecule has 1 N–H and O–H groups in total. The molecule has 5 heteroatoms. The van der Waals surface area contributed by atoms with E-state index in [0.717, 1.165) is 25.8 Å². The maximum absolute atomic E-state index is 12.5. The number of hydrogen-bond acceptors (Lipinski definition) is 3. The highest BCUT2D eigenvalue weighted by atomic mass is 16.3. The third kappa shape index (κ3) is 2.91.